The minimum absolute atomic E-state index is 0.0421. The number of amides is 1. The molecule has 0 aliphatic carbocycles. The molecule has 0 atom stereocenters. The molecule has 3 rings (SSSR count). The largest absolute Gasteiger partial charge is 0.367 e. The van der Waals surface area contributed by atoms with Crippen LogP contribution >= 0.6 is 11.6 Å². The third kappa shape index (κ3) is 4.50. The van der Waals surface area contributed by atoms with Gasteiger partial charge in [0.15, 0.2) is 5.65 Å². The highest BCUT2D eigenvalue weighted by Gasteiger charge is 2.06. The number of nitrogens with one attached hydrogen (secondary N) is 1. The number of benzene rings is 1. The SMILES string of the molecule is O=C(COCc1ccccc1Cl)NCCCn1nc2ccccn2c1=O. The Hall–Kier alpha value is -2.64. The minimum Gasteiger partial charge on any atom is -0.367 e. The summed E-state index contributed by atoms with van der Waals surface area (Å²) in [6.45, 7) is 1.11. The molecular formula is C18H19ClN4O3. The lowest BCUT2D eigenvalue weighted by Gasteiger charge is -2.07. The van der Waals surface area contributed by atoms with E-state index in [0.717, 1.165) is 5.56 Å². The van der Waals surface area contributed by atoms with Crippen molar-refractivity contribution in [2.75, 3.05) is 13.2 Å². The van der Waals surface area contributed by atoms with E-state index in [0.29, 0.717) is 30.2 Å². The molecule has 0 fully saturated rings. The van der Waals surface area contributed by atoms with E-state index in [-0.39, 0.29) is 24.8 Å². The number of hydrogen-bond acceptors (Lipinski definition) is 4. The Bertz CT molecular complexity index is 951. The van der Waals surface area contributed by atoms with E-state index in [1.807, 2.05) is 24.3 Å². The molecule has 0 aliphatic heterocycles. The molecule has 3 aromatic rings. The molecule has 2 heterocycles. The number of fused-ring (bicyclic) bond motifs is 1. The maximum absolute atomic E-state index is 12.1. The van der Waals surface area contributed by atoms with Crippen LogP contribution in [0.25, 0.3) is 5.65 Å². The van der Waals surface area contributed by atoms with Gasteiger partial charge >= 0.3 is 5.69 Å². The number of halogens is 1. The zero-order chi connectivity index (χ0) is 18.4. The standard InChI is InChI=1S/C18H19ClN4O3/c19-15-7-2-1-6-14(15)12-26-13-17(24)20-9-5-11-23-18(25)22-10-4-3-8-16(22)21-23/h1-4,6-8,10H,5,9,11-13H2,(H,20,24). The zero-order valence-electron chi connectivity index (χ0n) is 14.1. The Morgan fingerprint density at radius 1 is 1.19 bits per heavy atom. The first kappa shape index (κ1) is 18.2. The van der Waals surface area contributed by atoms with Gasteiger partial charge in [0.1, 0.15) is 6.61 Å². The Morgan fingerprint density at radius 2 is 2.00 bits per heavy atom. The summed E-state index contributed by atoms with van der Waals surface area (Å²) in [7, 11) is 0. The molecule has 136 valence electrons. The highest BCUT2D eigenvalue weighted by molar-refractivity contribution is 6.31. The van der Waals surface area contributed by atoms with E-state index in [1.54, 1.807) is 24.4 Å². The number of aryl methyl sites for hydroxylation is 1. The van der Waals surface area contributed by atoms with Gasteiger partial charge in [-0.1, -0.05) is 35.9 Å². The number of pyridine rings is 1. The Morgan fingerprint density at radius 3 is 2.81 bits per heavy atom. The molecule has 1 aromatic carbocycles. The third-order valence-corrected chi connectivity index (χ3v) is 4.17. The van der Waals surface area contributed by atoms with Crippen molar-refractivity contribution in [2.45, 2.75) is 19.6 Å². The molecule has 1 amide bonds. The summed E-state index contributed by atoms with van der Waals surface area (Å²) in [5.41, 5.74) is 1.26. The Balaban J connectivity index is 1.38. The summed E-state index contributed by atoms with van der Waals surface area (Å²) in [5, 5.41) is 7.61. The lowest BCUT2D eigenvalue weighted by Crippen LogP contribution is -2.30. The molecule has 0 radical (unpaired) electrons. The van der Waals surface area contributed by atoms with Crippen LogP contribution in [0.15, 0.2) is 53.5 Å². The number of carbonyl (C=O) groups excluding carboxylic acids is 1. The van der Waals surface area contributed by atoms with Crippen LogP contribution in [0, 0.1) is 0 Å². The monoisotopic (exact) mass is 374 g/mol. The highest BCUT2D eigenvalue weighted by Crippen LogP contribution is 2.15. The van der Waals surface area contributed by atoms with Gasteiger partial charge in [-0.3, -0.25) is 9.20 Å². The van der Waals surface area contributed by atoms with Gasteiger partial charge in [0.2, 0.25) is 5.91 Å². The van der Waals surface area contributed by atoms with Crippen molar-refractivity contribution in [1.29, 1.82) is 0 Å². The molecule has 2 aromatic heterocycles. The van der Waals surface area contributed by atoms with Gasteiger partial charge in [-0.15, -0.1) is 5.10 Å². The van der Waals surface area contributed by atoms with Gasteiger partial charge in [-0.25, -0.2) is 9.48 Å². The smallest absolute Gasteiger partial charge is 0.350 e. The van der Waals surface area contributed by atoms with E-state index in [2.05, 4.69) is 10.4 Å². The summed E-state index contributed by atoms with van der Waals surface area (Å²) < 4.78 is 8.25. The predicted molar refractivity (Wildman–Crippen MR) is 98.2 cm³/mol. The average molecular weight is 375 g/mol. The molecule has 0 bridgehead atoms. The second-order valence-electron chi connectivity index (χ2n) is 5.72. The molecule has 0 spiro atoms. The second-order valence-corrected chi connectivity index (χ2v) is 6.13. The first-order chi connectivity index (χ1) is 12.6. The first-order valence-corrected chi connectivity index (χ1v) is 8.65. The lowest BCUT2D eigenvalue weighted by molar-refractivity contribution is -0.126. The number of nitrogens with zero attached hydrogens (tertiary/aromatic N) is 3. The predicted octanol–water partition coefficient (Wildman–Crippen LogP) is 1.87. The molecular weight excluding hydrogens is 356 g/mol. The molecule has 7 nitrogen and oxygen atoms in total. The molecule has 26 heavy (non-hydrogen) atoms. The Labute approximate surface area is 155 Å². The van der Waals surface area contributed by atoms with Crippen molar-refractivity contribution in [2.24, 2.45) is 0 Å². The van der Waals surface area contributed by atoms with Crippen molar-refractivity contribution >= 4 is 23.2 Å². The molecule has 0 aliphatic rings. The molecule has 1 N–H and O–H groups in total. The normalized spacial score (nSPS) is 11.0. The molecule has 0 unspecified atom stereocenters. The van der Waals surface area contributed by atoms with E-state index in [4.69, 9.17) is 16.3 Å². The fourth-order valence-corrected chi connectivity index (χ4v) is 2.68. The maximum Gasteiger partial charge on any atom is 0.350 e. The van der Waals surface area contributed by atoms with Crippen molar-refractivity contribution in [1.82, 2.24) is 19.5 Å². The van der Waals surface area contributed by atoms with Gasteiger partial charge < -0.3 is 10.1 Å². The first-order valence-electron chi connectivity index (χ1n) is 8.27. The molecule has 0 saturated carbocycles. The quantitative estimate of drug-likeness (QED) is 0.611. The van der Waals surface area contributed by atoms with Crippen molar-refractivity contribution in [3.8, 4) is 0 Å². The molecule has 8 heteroatoms. The summed E-state index contributed by atoms with van der Waals surface area (Å²) in [6, 6.07) is 12.7. The van der Waals surface area contributed by atoms with Crippen LogP contribution in [-0.2, 0) is 22.7 Å². The van der Waals surface area contributed by atoms with Crippen LogP contribution in [0.3, 0.4) is 0 Å². The average Bonchev–Trinajstić information content (AvgIpc) is 2.97. The summed E-state index contributed by atoms with van der Waals surface area (Å²) >= 11 is 6.03. The van der Waals surface area contributed by atoms with Gasteiger partial charge in [-0.05, 0) is 30.2 Å². The van der Waals surface area contributed by atoms with Crippen molar-refractivity contribution < 1.29 is 9.53 Å². The highest BCUT2D eigenvalue weighted by atomic mass is 35.5. The van der Waals surface area contributed by atoms with E-state index >= 15 is 0 Å². The summed E-state index contributed by atoms with van der Waals surface area (Å²) in [4.78, 5) is 23.9. The number of rotatable bonds is 8. The number of ether oxygens (including phenoxy) is 1. The third-order valence-electron chi connectivity index (χ3n) is 3.81. The van der Waals surface area contributed by atoms with E-state index in [9.17, 15) is 9.59 Å². The van der Waals surface area contributed by atoms with Gasteiger partial charge in [0.25, 0.3) is 0 Å². The number of aromatic nitrogens is 3. The zero-order valence-corrected chi connectivity index (χ0v) is 14.9. The fourth-order valence-electron chi connectivity index (χ4n) is 2.49. The number of hydrogen-bond donors (Lipinski definition) is 1. The fraction of sp³-hybridized carbons (Fsp3) is 0.278. The van der Waals surface area contributed by atoms with E-state index < -0.39 is 0 Å². The van der Waals surface area contributed by atoms with Crippen LogP contribution in [0.4, 0.5) is 0 Å². The van der Waals surface area contributed by atoms with Crippen LogP contribution in [0.1, 0.15) is 12.0 Å². The number of carbonyl (C=O) groups is 1. The topological polar surface area (TPSA) is 77.6 Å². The van der Waals surface area contributed by atoms with Gasteiger partial charge in [0.05, 0.1) is 6.61 Å². The van der Waals surface area contributed by atoms with Gasteiger partial charge in [0, 0.05) is 24.3 Å². The van der Waals surface area contributed by atoms with Crippen LogP contribution in [-0.4, -0.2) is 33.2 Å². The van der Waals surface area contributed by atoms with Crippen molar-refractivity contribution in [3.63, 3.8) is 0 Å². The van der Waals surface area contributed by atoms with Gasteiger partial charge in [-0.2, -0.15) is 0 Å². The minimum atomic E-state index is -0.209. The van der Waals surface area contributed by atoms with Crippen LogP contribution < -0.4 is 11.0 Å². The molecule has 0 saturated heterocycles. The second kappa shape index (κ2) is 8.64. The van der Waals surface area contributed by atoms with E-state index in [1.165, 1.54) is 9.08 Å². The maximum atomic E-state index is 12.1. The summed E-state index contributed by atoms with van der Waals surface area (Å²) in [5.74, 6) is -0.209. The van der Waals surface area contributed by atoms with Crippen LogP contribution in [0.5, 0.6) is 0 Å². The van der Waals surface area contributed by atoms with Crippen molar-refractivity contribution in [3.05, 3.63) is 69.7 Å². The van der Waals surface area contributed by atoms with Crippen LogP contribution in [0.2, 0.25) is 5.02 Å². The lowest BCUT2D eigenvalue weighted by atomic mass is 10.2. The Kier molecular flexibility index (Phi) is 6.04. The summed E-state index contributed by atoms with van der Waals surface area (Å²) in [6.07, 6.45) is 2.28.